The Hall–Kier alpha value is -1.81. The molecule has 1 aromatic carbocycles. The van der Waals surface area contributed by atoms with Crippen molar-refractivity contribution < 1.29 is 5.11 Å². The van der Waals surface area contributed by atoms with E-state index in [0.717, 1.165) is 12.8 Å². The first-order valence-electron chi connectivity index (χ1n) is 6.65. The quantitative estimate of drug-likeness (QED) is 0.903. The van der Waals surface area contributed by atoms with Crippen LogP contribution in [0.1, 0.15) is 38.4 Å². The average molecular weight is 293 g/mol. The number of benzene rings is 1. The Morgan fingerprint density at radius 3 is 2.35 bits per heavy atom. The van der Waals surface area contributed by atoms with E-state index in [-0.39, 0.29) is 22.9 Å². The normalized spacial score (nSPS) is 11.0. The Kier molecular flexibility index (Phi) is 4.45. The van der Waals surface area contributed by atoms with Crippen LogP contribution in [0.4, 0.5) is 0 Å². The maximum absolute atomic E-state index is 12.2. The Balaban J connectivity index is 2.51. The number of nitrogens with one attached hydrogen (secondary N) is 1. The Morgan fingerprint density at radius 2 is 1.85 bits per heavy atom. The van der Waals surface area contributed by atoms with E-state index in [1.807, 2.05) is 13.8 Å². The van der Waals surface area contributed by atoms with E-state index in [1.54, 1.807) is 24.3 Å². The van der Waals surface area contributed by atoms with Crippen molar-refractivity contribution in [3.8, 4) is 17.0 Å². The fourth-order valence-electron chi connectivity index (χ4n) is 2.22. The molecule has 0 atom stereocenters. The van der Waals surface area contributed by atoms with Gasteiger partial charge >= 0.3 is 0 Å². The van der Waals surface area contributed by atoms with Crippen molar-refractivity contribution in [1.29, 1.82) is 0 Å². The molecule has 0 saturated heterocycles. The maximum atomic E-state index is 12.2. The van der Waals surface area contributed by atoms with Gasteiger partial charge in [0, 0.05) is 10.9 Å². The first-order chi connectivity index (χ1) is 9.56. The molecular weight excluding hydrogens is 276 g/mol. The summed E-state index contributed by atoms with van der Waals surface area (Å²) in [5.74, 6) is 0.445. The van der Waals surface area contributed by atoms with Gasteiger partial charge in [0.05, 0.1) is 0 Å². The van der Waals surface area contributed by atoms with E-state index in [1.165, 1.54) is 0 Å². The third-order valence-electron chi connectivity index (χ3n) is 3.42. The summed E-state index contributed by atoms with van der Waals surface area (Å²) in [6.07, 6.45) is 1.72. The molecule has 0 amide bonds. The highest BCUT2D eigenvalue weighted by Gasteiger charge is 2.16. The van der Waals surface area contributed by atoms with Gasteiger partial charge in [0.25, 0.3) is 5.56 Å². The van der Waals surface area contributed by atoms with E-state index in [4.69, 9.17) is 11.6 Å². The van der Waals surface area contributed by atoms with E-state index < -0.39 is 0 Å². The second-order valence-electron chi connectivity index (χ2n) is 4.67. The molecule has 2 rings (SSSR count). The van der Waals surface area contributed by atoms with Gasteiger partial charge in [-0.3, -0.25) is 4.79 Å². The minimum absolute atomic E-state index is 0.146. The number of aromatic nitrogens is 2. The second-order valence-corrected chi connectivity index (χ2v) is 5.11. The predicted molar refractivity (Wildman–Crippen MR) is 80.3 cm³/mol. The number of aromatic amines is 1. The number of H-pyrrole nitrogens is 1. The van der Waals surface area contributed by atoms with Crippen molar-refractivity contribution in [1.82, 2.24) is 9.97 Å². The van der Waals surface area contributed by atoms with Crippen LogP contribution in [-0.4, -0.2) is 15.1 Å². The zero-order valence-corrected chi connectivity index (χ0v) is 12.2. The van der Waals surface area contributed by atoms with E-state index in [0.29, 0.717) is 16.4 Å². The summed E-state index contributed by atoms with van der Waals surface area (Å²) < 4.78 is 0. The van der Waals surface area contributed by atoms with Gasteiger partial charge in [0.2, 0.25) is 5.88 Å². The molecule has 2 N–H and O–H groups in total. The molecule has 20 heavy (non-hydrogen) atoms. The standard InChI is InChI=1S/C15H17ClN2O2/c1-3-9(4-2)13-17-14(19)12(15(20)18-13)10-5-7-11(16)8-6-10/h5-9H,3-4H2,1-2H3,(H2,17,18,19,20). The first kappa shape index (κ1) is 14.6. The fourth-order valence-corrected chi connectivity index (χ4v) is 2.35. The lowest BCUT2D eigenvalue weighted by Gasteiger charge is -2.12. The molecule has 0 radical (unpaired) electrons. The van der Waals surface area contributed by atoms with E-state index in [2.05, 4.69) is 9.97 Å². The number of hydrogen-bond donors (Lipinski definition) is 2. The van der Waals surface area contributed by atoms with Gasteiger partial charge in [0.15, 0.2) is 0 Å². The highest BCUT2D eigenvalue weighted by molar-refractivity contribution is 6.30. The van der Waals surface area contributed by atoms with Gasteiger partial charge in [-0.15, -0.1) is 0 Å². The molecular formula is C15H17ClN2O2. The zero-order chi connectivity index (χ0) is 14.7. The smallest absolute Gasteiger partial charge is 0.262 e. The van der Waals surface area contributed by atoms with Crippen molar-refractivity contribution >= 4 is 11.6 Å². The molecule has 0 aliphatic heterocycles. The van der Waals surface area contributed by atoms with Crippen LogP contribution in [0.25, 0.3) is 11.1 Å². The van der Waals surface area contributed by atoms with Crippen LogP contribution in [0, 0.1) is 0 Å². The van der Waals surface area contributed by atoms with Crippen LogP contribution in [0.3, 0.4) is 0 Å². The van der Waals surface area contributed by atoms with Crippen molar-refractivity contribution in [2.45, 2.75) is 32.6 Å². The van der Waals surface area contributed by atoms with Crippen LogP contribution < -0.4 is 5.56 Å². The zero-order valence-electron chi connectivity index (χ0n) is 11.5. The Morgan fingerprint density at radius 1 is 1.25 bits per heavy atom. The van der Waals surface area contributed by atoms with Crippen molar-refractivity contribution in [2.75, 3.05) is 0 Å². The topological polar surface area (TPSA) is 66.0 Å². The van der Waals surface area contributed by atoms with Crippen molar-refractivity contribution in [2.24, 2.45) is 0 Å². The maximum Gasteiger partial charge on any atom is 0.262 e. The minimum atomic E-state index is -0.332. The molecule has 5 heteroatoms. The van der Waals surface area contributed by atoms with Gasteiger partial charge in [-0.25, -0.2) is 0 Å². The third-order valence-corrected chi connectivity index (χ3v) is 3.68. The highest BCUT2D eigenvalue weighted by Crippen LogP contribution is 2.27. The lowest BCUT2D eigenvalue weighted by molar-refractivity contribution is 0.444. The molecule has 0 aliphatic rings. The predicted octanol–water partition coefficient (Wildman–Crippen LogP) is 3.70. The van der Waals surface area contributed by atoms with Gasteiger partial charge in [0.1, 0.15) is 11.4 Å². The average Bonchev–Trinajstić information content (AvgIpc) is 2.41. The lowest BCUT2D eigenvalue weighted by atomic mass is 10.0. The van der Waals surface area contributed by atoms with Crippen LogP contribution in [0.5, 0.6) is 5.88 Å². The first-order valence-corrected chi connectivity index (χ1v) is 7.03. The summed E-state index contributed by atoms with van der Waals surface area (Å²) in [5.41, 5.74) is 0.440. The summed E-state index contributed by atoms with van der Waals surface area (Å²) in [4.78, 5) is 19.1. The summed E-state index contributed by atoms with van der Waals surface area (Å²) in [7, 11) is 0. The second kappa shape index (κ2) is 6.09. The molecule has 4 nitrogen and oxygen atoms in total. The summed E-state index contributed by atoms with van der Waals surface area (Å²) in [6.45, 7) is 4.05. The lowest BCUT2D eigenvalue weighted by Crippen LogP contribution is -2.16. The van der Waals surface area contributed by atoms with Gasteiger partial charge in [-0.05, 0) is 30.5 Å². The summed E-state index contributed by atoms with van der Waals surface area (Å²) >= 11 is 5.82. The summed E-state index contributed by atoms with van der Waals surface area (Å²) in [5, 5.41) is 10.6. The van der Waals surface area contributed by atoms with Gasteiger partial charge in [-0.2, -0.15) is 4.98 Å². The fraction of sp³-hybridized carbons (Fsp3) is 0.333. The monoisotopic (exact) mass is 292 g/mol. The molecule has 0 unspecified atom stereocenters. The molecule has 0 spiro atoms. The minimum Gasteiger partial charge on any atom is -0.493 e. The number of rotatable bonds is 4. The number of aromatic hydroxyl groups is 1. The van der Waals surface area contributed by atoms with E-state index in [9.17, 15) is 9.90 Å². The molecule has 2 aromatic rings. The Bertz CT molecular complexity index is 646. The van der Waals surface area contributed by atoms with Crippen molar-refractivity contribution in [3.63, 3.8) is 0 Å². The van der Waals surface area contributed by atoms with Gasteiger partial charge in [-0.1, -0.05) is 37.6 Å². The largest absolute Gasteiger partial charge is 0.493 e. The molecule has 106 valence electrons. The van der Waals surface area contributed by atoms with Crippen LogP contribution in [-0.2, 0) is 0 Å². The molecule has 1 aromatic heterocycles. The van der Waals surface area contributed by atoms with Crippen molar-refractivity contribution in [3.05, 3.63) is 45.5 Å². The highest BCUT2D eigenvalue weighted by atomic mass is 35.5. The SMILES string of the molecule is CCC(CC)c1nc(O)c(-c2ccc(Cl)cc2)c(=O)[nH]1. The van der Waals surface area contributed by atoms with Gasteiger partial charge < -0.3 is 10.1 Å². The number of nitrogens with zero attached hydrogens (tertiary/aromatic N) is 1. The van der Waals surface area contributed by atoms with Crippen LogP contribution in [0.15, 0.2) is 29.1 Å². The molecule has 0 saturated carbocycles. The van der Waals surface area contributed by atoms with Crippen LogP contribution >= 0.6 is 11.6 Å². The molecule has 0 bridgehead atoms. The summed E-state index contributed by atoms with van der Waals surface area (Å²) in [6, 6.07) is 6.71. The molecule has 0 aliphatic carbocycles. The number of hydrogen-bond acceptors (Lipinski definition) is 3. The molecule has 0 fully saturated rings. The third kappa shape index (κ3) is 2.85. The van der Waals surface area contributed by atoms with E-state index >= 15 is 0 Å². The number of halogens is 1. The van der Waals surface area contributed by atoms with Crippen LogP contribution in [0.2, 0.25) is 5.02 Å². The molecule has 1 heterocycles. The Labute approximate surface area is 122 Å².